The maximum atomic E-state index is 10.4. The predicted octanol–water partition coefficient (Wildman–Crippen LogP) is 3.90. The number of hydrogen-bond donors (Lipinski definition) is 1. The lowest BCUT2D eigenvalue weighted by Gasteiger charge is -2.24. The fourth-order valence-electron chi connectivity index (χ4n) is 3.29. The van der Waals surface area contributed by atoms with Gasteiger partial charge in [0.25, 0.3) is 0 Å². The Labute approximate surface area is 94.3 Å². The van der Waals surface area contributed by atoms with Gasteiger partial charge in [-0.15, -0.1) is 0 Å². The molecule has 0 aromatic rings. The van der Waals surface area contributed by atoms with Crippen LogP contribution in [-0.2, 0) is 0 Å². The van der Waals surface area contributed by atoms with Gasteiger partial charge in [0.05, 0.1) is 5.60 Å². The Balaban J connectivity index is 1.83. The van der Waals surface area contributed by atoms with E-state index in [4.69, 9.17) is 0 Å². The van der Waals surface area contributed by atoms with Gasteiger partial charge >= 0.3 is 0 Å². The minimum absolute atomic E-state index is 0.343. The number of rotatable bonds is 0. The topological polar surface area (TPSA) is 20.2 Å². The van der Waals surface area contributed by atoms with Gasteiger partial charge in [0.15, 0.2) is 0 Å². The molecule has 0 radical (unpaired) electrons. The highest BCUT2D eigenvalue weighted by molar-refractivity contribution is 4.98. The first-order valence-corrected chi connectivity index (χ1v) is 6.92. The fraction of sp³-hybridized carbons (Fsp3) is 1.00. The Hall–Kier alpha value is -0.0400. The predicted molar refractivity (Wildman–Crippen MR) is 63.8 cm³/mol. The summed E-state index contributed by atoms with van der Waals surface area (Å²) < 4.78 is 0. The van der Waals surface area contributed by atoms with Crippen LogP contribution in [0.15, 0.2) is 0 Å². The van der Waals surface area contributed by atoms with Crippen molar-refractivity contribution >= 4 is 0 Å². The van der Waals surface area contributed by atoms with Crippen molar-refractivity contribution in [3.05, 3.63) is 0 Å². The van der Waals surface area contributed by atoms with Gasteiger partial charge in [-0.25, -0.2) is 0 Å². The molecule has 2 saturated carbocycles. The molecule has 0 aromatic carbocycles. The summed E-state index contributed by atoms with van der Waals surface area (Å²) in [5.41, 5.74) is -0.343. The molecule has 15 heavy (non-hydrogen) atoms. The first kappa shape index (κ1) is 11.4. The summed E-state index contributed by atoms with van der Waals surface area (Å²) in [5, 5.41) is 10.4. The zero-order chi connectivity index (χ0) is 10.7. The number of hydrogen-bond acceptors (Lipinski definition) is 1. The molecular weight excluding hydrogens is 184 g/mol. The molecule has 0 aliphatic heterocycles. The maximum absolute atomic E-state index is 10.4. The Bertz CT molecular complexity index is 198. The quantitative estimate of drug-likeness (QED) is 0.643. The summed E-state index contributed by atoms with van der Waals surface area (Å²) in [6.07, 6.45) is 13.3. The SMILES string of the molecule is C[C@@]1(O)CCCCCCCCC[C@@H]2C[C@@H]21. The van der Waals surface area contributed by atoms with Crippen molar-refractivity contribution in [3.63, 3.8) is 0 Å². The molecule has 2 fully saturated rings. The van der Waals surface area contributed by atoms with Crippen LogP contribution in [0.25, 0.3) is 0 Å². The van der Waals surface area contributed by atoms with Gasteiger partial charge in [-0.05, 0) is 31.6 Å². The molecule has 2 aliphatic rings. The molecule has 1 N–H and O–H groups in total. The second-order valence-corrected chi connectivity index (χ2v) is 5.97. The van der Waals surface area contributed by atoms with Gasteiger partial charge < -0.3 is 5.11 Å². The monoisotopic (exact) mass is 210 g/mol. The van der Waals surface area contributed by atoms with Crippen molar-refractivity contribution in [1.82, 2.24) is 0 Å². The molecule has 0 saturated heterocycles. The second-order valence-electron chi connectivity index (χ2n) is 5.97. The molecule has 3 atom stereocenters. The third-order valence-corrected chi connectivity index (χ3v) is 4.48. The highest BCUT2D eigenvalue weighted by Gasteiger charge is 2.47. The summed E-state index contributed by atoms with van der Waals surface area (Å²) in [6.45, 7) is 2.07. The summed E-state index contributed by atoms with van der Waals surface area (Å²) in [5.74, 6) is 1.50. The normalized spacial score (nSPS) is 43.6. The molecular formula is C14H26O. The van der Waals surface area contributed by atoms with E-state index in [1.807, 2.05) is 0 Å². The van der Waals surface area contributed by atoms with Crippen molar-refractivity contribution < 1.29 is 5.11 Å². The molecule has 0 unspecified atom stereocenters. The molecule has 0 aromatic heterocycles. The lowest BCUT2D eigenvalue weighted by atomic mass is 9.90. The third-order valence-electron chi connectivity index (χ3n) is 4.48. The zero-order valence-electron chi connectivity index (χ0n) is 10.2. The van der Waals surface area contributed by atoms with E-state index in [2.05, 4.69) is 6.92 Å². The summed E-state index contributed by atoms with van der Waals surface area (Å²) >= 11 is 0. The van der Waals surface area contributed by atoms with Gasteiger partial charge in [0, 0.05) is 0 Å². The van der Waals surface area contributed by atoms with Gasteiger partial charge in [0.2, 0.25) is 0 Å². The standard InChI is InChI=1S/C14H26O/c1-14(15)10-8-6-4-2-3-5-7-9-12-11-13(12)14/h12-13,15H,2-11H2,1H3/t12-,13+,14-/m1/s1. The van der Waals surface area contributed by atoms with Gasteiger partial charge in [-0.1, -0.05) is 51.4 Å². The van der Waals surface area contributed by atoms with E-state index in [9.17, 15) is 5.11 Å². The second kappa shape index (κ2) is 4.86. The molecule has 1 heteroatoms. The van der Waals surface area contributed by atoms with Crippen LogP contribution in [0.5, 0.6) is 0 Å². The summed E-state index contributed by atoms with van der Waals surface area (Å²) in [6, 6.07) is 0. The molecule has 1 nitrogen and oxygen atoms in total. The van der Waals surface area contributed by atoms with Crippen molar-refractivity contribution in [2.24, 2.45) is 11.8 Å². The van der Waals surface area contributed by atoms with Crippen LogP contribution in [0, 0.1) is 11.8 Å². The minimum atomic E-state index is -0.343. The molecule has 2 rings (SSSR count). The van der Waals surface area contributed by atoms with Crippen molar-refractivity contribution in [3.8, 4) is 0 Å². The number of fused-ring (bicyclic) bond motifs is 1. The Morgan fingerprint density at radius 2 is 1.53 bits per heavy atom. The zero-order valence-corrected chi connectivity index (χ0v) is 10.2. The largest absolute Gasteiger partial charge is 0.390 e. The van der Waals surface area contributed by atoms with E-state index in [-0.39, 0.29) is 5.60 Å². The third kappa shape index (κ3) is 3.21. The highest BCUT2D eigenvalue weighted by atomic mass is 16.3. The summed E-state index contributed by atoms with van der Waals surface area (Å²) in [7, 11) is 0. The molecule has 0 amide bonds. The van der Waals surface area contributed by atoms with Crippen molar-refractivity contribution in [2.75, 3.05) is 0 Å². The molecule has 2 aliphatic carbocycles. The van der Waals surface area contributed by atoms with E-state index in [0.29, 0.717) is 5.92 Å². The molecule has 0 spiro atoms. The first-order valence-electron chi connectivity index (χ1n) is 6.92. The van der Waals surface area contributed by atoms with E-state index < -0.39 is 0 Å². The van der Waals surface area contributed by atoms with Crippen LogP contribution in [0.2, 0.25) is 0 Å². The van der Waals surface area contributed by atoms with E-state index in [1.165, 1.54) is 57.8 Å². The Morgan fingerprint density at radius 3 is 2.27 bits per heavy atom. The smallest absolute Gasteiger partial charge is 0.0650 e. The van der Waals surface area contributed by atoms with Crippen LogP contribution in [-0.4, -0.2) is 10.7 Å². The Kier molecular flexibility index (Phi) is 3.71. The lowest BCUT2D eigenvalue weighted by Crippen LogP contribution is -2.27. The van der Waals surface area contributed by atoms with Crippen molar-refractivity contribution in [1.29, 1.82) is 0 Å². The average Bonchev–Trinajstić information content (AvgIpc) is 2.93. The summed E-state index contributed by atoms with van der Waals surface area (Å²) in [4.78, 5) is 0. The molecule has 0 heterocycles. The van der Waals surface area contributed by atoms with Crippen molar-refractivity contribution in [2.45, 2.75) is 76.7 Å². The minimum Gasteiger partial charge on any atom is -0.390 e. The maximum Gasteiger partial charge on any atom is 0.0650 e. The van der Waals surface area contributed by atoms with Gasteiger partial charge in [0.1, 0.15) is 0 Å². The van der Waals surface area contributed by atoms with E-state index in [1.54, 1.807) is 0 Å². The van der Waals surface area contributed by atoms with Crippen LogP contribution >= 0.6 is 0 Å². The molecule has 0 bridgehead atoms. The van der Waals surface area contributed by atoms with Crippen LogP contribution in [0.4, 0.5) is 0 Å². The number of aliphatic hydroxyl groups is 1. The van der Waals surface area contributed by atoms with E-state index >= 15 is 0 Å². The van der Waals surface area contributed by atoms with Crippen LogP contribution < -0.4 is 0 Å². The average molecular weight is 210 g/mol. The van der Waals surface area contributed by atoms with Crippen LogP contribution in [0.1, 0.15) is 71.1 Å². The fourth-order valence-corrected chi connectivity index (χ4v) is 3.29. The first-order chi connectivity index (χ1) is 7.20. The lowest BCUT2D eigenvalue weighted by molar-refractivity contribution is 0.0194. The van der Waals surface area contributed by atoms with E-state index in [0.717, 1.165) is 12.3 Å². The van der Waals surface area contributed by atoms with Gasteiger partial charge in [-0.3, -0.25) is 0 Å². The highest BCUT2D eigenvalue weighted by Crippen LogP contribution is 2.51. The van der Waals surface area contributed by atoms with Crippen LogP contribution in [0.3, 0.4) is 0 Å². The Morgan fingerprint density at radius 1 is 0.933 bits per heavy atom. The molecule has 88 valence electrons. The van der Waals surface area contributed by atoms with Gasteiger partial charge in [-0.2, -0.15) is 0 Å².